The van der Waals surface area contributed by atoms with E-state index in [2.05, 4.69) is 5.32 Å². The van der Waals surface area contributed by atoms with Gasteiger partial charge in [0.05, 0.1) is 29.4 Å². The molecule has 1 spiro atoms. The smallest absolute Gasteiger partial charge is 0.416 e. The van der Waals surface area contributed by atoms with Crippen LogP contribution in [0.4, 0.5) is 18.0 Å². The maximum Gasteiger partial charge on any atom is 0.416 e. The van der Waals surface area contributed by atoms with E-state index in [-0.39, 0.29) is 76.7 Å². The van der Waals surface area contributed by atoms with Crippen molar-refractivity contribution in [3.63, 3.8) is 0 Å². The summed E-state index contributed by atoms with van der Waals surface area (Å²) in [6.07, 6.45) is -5.30. The van der Waals surface area contributed by atoms with Crippen molar-refractivity contribution in [1.29, 1.82) is 0 Å². The van der Waals surface area contributed by atoms with E-state index in [0.29, 0.717) is 6.54 Å². The lowest BCUT2D eigenvalue weighted by Gasteiger charge is -2.53. The van der Waals surface area contributed by atoms with Gasteiger partial charge in [0.25, 0.3) is 5.91 Å². The van der Waals surface area contributed by atoms with Crippen LogP contribution in [0.25, 0.3) is 0 Å². The van der Waals surface area contributed by atoms with Crippen molar-refractivity contribution in [3.8, 4) is 0 Å². The van der Waals surface area contributed by atoms with E-state index in [1.807, 2.05) is 0 Å². The number of likely N-dealkylation sites (tertiary alicyclic amines) is 1. The summed E-state index contributed by atoms with van der Waals surface area (Å²) in [6.45, 7) is 7.70. The first-order valence-corrected chi connectivity index (χ1v) is 16.3. The van der Waals surface area contributed by atoms with E-state index in [9.17, 15) is 31.2 Å². The quantitative estimate of drug-likeness (QED) is 0.409. The van der Waals surface area contributed by atoms with Crippen LogP contribution in [0.2, 0.25) is 10.0 Å². The van der Waals surface area contributed by atoms with Gasteiger partial charge in [-0.25, -0.2) is 13.2 Å². The van der Waals surface area contributed by atoms with E-state index in [1.54, 1.807) is 25.7 Å². The van der Waals surface area contributed by atoms with E-state index in [0.717, 1.165) is 12.1 Å². The maximum absolute atomic E-state index is 14.2. The van der Waals surface area contributed by atoms with Gasteiger partial charge in [0.15, 0.2) is 9.84 Å². The van der Waals surface area contributed by atoms with Crippen LogP contribution >= 0.6 is 23.2 Å². The molecule has 0 aromatic heterocycles. The van der Waals surface area contributed by atoms with E-state index in [4.69, 9.17) is 32.7 Å². The summed E-state index contributed by atoms with van der Waals surface area (Å²) < 4.78 is 78.9. The first-order chi connectivity index (χ1) is 20.3. The number of alkyl halides is 3. The van der Waals surface area contributed by atoms with E-state index in [1.165, 1.54) is 30.0 Å². The lowest BCUT2D eigenvalue weighted by Crippen LogP contribution is -2.70. The molecule has 2 aliphatic heterocycles. The Bertz CT molecular complexity index is 1540. The van der Waals surface area contributed by atoms with Gasteiger partial charge in [-0.1, -0.05) is 30.1 Å². The molecule has 0 radical (unpaired) electrons. The molecular weight excluding hydrogens is 646 g/mol. The minimum absolute atomic E-state index is 0.0301. The van der Waals surface area contributed by atoms with Crippen molar-refractivity contribution in [3.05, 3.63) is 62.6 Å². The number of hydrogen-bond acceptors (Lipinski definition) is 7. The van der Waals surface area contributed by atoms with E-state index >= 15 is 0 Å². The molecule has 0 saturated carbocycles. The number of halogens is 5. The van der Waals surface area contributed by atoms with Gasteiger partial charge in [0.1, 0.15) is 11.2 Å². The SMILES string of the molecule is CCS(=O)(=O)c1ccc(Cl)cc1CNC(=O)c1cc(Cl)c(CN2CC3(C2)CN(C(=O)OC(C)(C)C)CCO3)c(C(F)(F)F)c1. The third-order valence-corrected chi connectivity index (χ3v) is 9.65. The third-order valence-electron chi connectivity index (χ3n) is 7.25. The number of amides is 2. The van der Waals surface area contributed by atoms with Crippen molar-refractivity contribution >= 4 is 45.0 Å². The second kappa shape index (κ2) is 12.7. The number of morpholine rings is 1. The van der Waals surface area contributed by atoms with Gasteiger partial charge in [-0.05, 0) is 62.2 Å². The zero-order chi connectivity index (χ0) is 32.7. The summed E-state index contributed by atoms with van der Waals surface area (Å²) in [6, 6.07) is 5.99. The van der Waals surface area contributed by atoms with Crippen LogP contribution in [-0.2, 0) is 38.6 Å². The molecule has 15 heteroatoms. The molecule has 0 aliphatic carbocycles. The predicted molar refractivity (Wildman–Crippen MR) is 159 cm³/mol. The molecule has 2 amide bonds. The lowest BCUT2D eigenvalue weighted by atomic mass is 9.90. The summed E-state index contributed by atoms with van der Waals surface area (Å²) in [5, 5.41) is 2.46. The van der Waals surface area contributed by atoms with Gasteiger partial charge in [-0.15, -0.1) is 0 Å². The predicted octanol–water partition coefficient (Wildman–Crippen LogP) is 5.56. The van der Waals surface area contributed by atoms with Crippen molar-refractivity contribution in [2.45, 2.75) is 63.1 Å². The molecule has 2 aromatic carbocycles. The fraction of sp³-hybridized carbons (Fsp3) is 0.517. The highest BCUT2D eigenvalue weighted by molar-refractivity contribution is 7.91. The molecule has 44 heavy (non-hydrogen) atoms. The highest BCUT2D eigenvalue weighted by atomic mass is 35.5. The molecule has 4 rings (SSSR count). The Kier molecular flexibility index (Phi) is 9.87. The maximum atomic E-state index is 14.2. The van der Waals surface area contributed by atoms with Crippen LogP contribution in [0, 0.1) is 0 Å². The molecule has 2 heterocycles. The molecule has 1 N–H and O–H groups in total. The molecular formula is C29H34Cl2F3N3O6S. The first kappa shape index (κ1) is 34.3. The Morgan fingerprint density at radius 2 is 1.77 bits per heavy atom. The molecule has 2 fully saturated rings. The highest BCUT2D eigenvalue weighted by Gasteiger charge is 2.49. The molecule has 9 nitrogen and oxygen atoms in total. The molecule has 0 bridgehead atoms. The lowest BCUT2D eigenvalue weighted by molar-refractivity contribution is -0.183. The fourth-order valence-corrected chi connectivity index (χ4v) is 6.82. The summed E-state index contributed by atoms with van der Waals surface area (Å²) in [5.74, 6) is -1.06. The minimum atomic E-state index is -4.82. The first-order valence-electron chi connectivity index (χ1n) is 13.9. The minimum Gasteiger partial charge on any atom is -0.444 e. The zero-order valence-corrected chi connectivity index (χ0v) is 27.0. The number of benzene rings is 2. The Morgan fingerprint density at radius 1 is 1.09 bits per heavy atom. The van der Waals surface area contributed by atoms with Gasteiger partial charge >= 0.3 is 12.3 Å². The molecule has 0 unspecified atom stereocenters. The third kappa shape index (κ3) is 7.97. The van der Waals surface area contributed by atoms with Crippen LogP contribution in [0.1, 0.15) is 54.7 Å². The summed E-state index contributed by atoms with van der Waals surface area (Å²) in [7, 11) is -3.65. The second-order valence-corrected chi connectivity index (χ2v) is 15.0. The Morgan fingerprint density at radius 3 is 2.39 bits per heavy atom. The molecule has 2 aromatic rings. The normalized spacial score (nSPS) is 17.3. The monoisotopic (exact) mass is 679 g/mol. The van der Waals surface area contributed by atoms with Crippen LogP contribution in [0.5, 0.6) is 0 Å². The van der Waals surface area contributed by atoms with Crippen LogP contribution < -0.4 is 5.32 Å². The second-order valence-electron chi connectivity index (χ2n) is 11.9. The summed E-state index contributed by atoms with van der Waals surface area (Å²) in [5.41, 5.74) is -2.80. The van der Waals surface area contributed by atoms with Crippen molar-refractivity contribution in [2.24, 2.45) is 0 Å². The number of nitrogens with zero attached hydrogens (tertiary/aromatic N) is 2. The van der Waals surface area contributed by atoms with E-state index < -0.39 is 44.8 Å². The number of hydrogen-bond donors (Lipinski definition) is 1. The summed E-state index contributed by atoms with van der Waals surface area (Å²) >= 11 is 12.4. The largest absolute Gasteiger partial charge is 0.444 e. The number of sulfone groups is 1. The number of ether oxygens (including phenoxy) is 2. The van der Waals surface area contributed by atoms with Gasteiger partial charge in [-0.2, -0.15) is 13.2 Å². The average Bonchev–Trinajstić information content (AvgIpc) is 2.90. The van der Waals surface area contributed by atoms with Crippen molar-refractivity contribution in [2.75, 3.05) is 38.5 Å². The number of nitrogens with one attached hydrogen (secondary N) is 1. The number of carbonyl (C=O) groups is 2. The Balaban J connectivity index is 1.48. The van der Waals surface area contributed by atoms with Crippen molar-refractivity contribution < 1.29 is 40.7 Å². The van der Waals surface area contributed by atoms with Gasteiger partial charge in [-0.3, -0.25) is 9.69 Å². The number of carbonyl (C=O) groups excluding carboxylic acids is 2. The molecule has 2 aliphatic rings. The molecule has 0 atom stereocenters. The highest BCUT2D eigenvalue weighted by Crippen LogP contribution is 2.39. The fourth-order valence-electron chi connectivity index (χ4n) is 5.23. The van der Waals surface area contributed by atoms with Gasteiger partial charge in [0.2, 0.25) is 0 Å². The molecule has 2 saturated heterocycles. The molecule has 242 valence electrons. The average molecular weight is 681 g/mol. The van der Waals surface area contributed by atoms with Crippen LogP contribution in [0.15, 0.2) is 35.2 Å². The number of rotatable bonds is 7. The van der Waals surface area contributed by atoms with Gasteiger partial charge < -0.3 is 19.7 Å². The topological polar surface area (TPSA) is 105 Å². The van der Waals surface area contributed by atoms with Crippen molar-refractivity contribution in [1.82, 2.24) is 15.1 Å². The van der Waals surface area contributed by atoms with Gasteiger partial charge in [0, 0.05) is 48.3 Å². The van der Waals surface area contributed by atoms with Crippen LogP contribution in [-0.4, -0.2) is 80.0 Å². The summed E-state index contributed by atoms with van der Waals surface area (Å²) in [4.78, 5) is 28.7. The Labute approximate surface area is 264 Å². The van der Waals surface area contributed by atoms with Crippen LogP contribution in [0.3, 0.4) is 0 Å². The zero-order valence-electron chi connectivity index (χ0n) is 24.7. The Hall–Kier alpha value is -2.58. The standard InChI is InChI=1S/C29H34Cl2F3N3O6S/c1-5-44(40,41)24-7-6-20(30)10-19(24)13-35-25(38)18-11-22(29(32,33)34)21(23(31)12-18)14-36-15-28(16-36)17-37(8-9-42-28)26(39)43-27(2,3)4/h6-7,10-12H,5,8-9,13-17H2,1-4H3,(H,35,38).